The molecule has 3 heteroatoms. The highest BCUT2D eigenvalue weighted by Crippen LogP contribution is 2.30. The fraction of sp³-hybridized carbons (Fsp3) is 0.278. The van der Waals surface area contributed by atoms with Crippen LogP contribution in [0.15, 0.2) is 42.5 Å². The van der Waals surface area contributed by atoms with Crippen LogP contribution < -0.4 is 4.74 Å². The Bertz CT molecular complexity index is 669. The van der Waals surface area contributed by atoms with Crippen LogP contribution in [0, 0.1) is 17.1 Å². The van der Waals surface area contributed by atoms with Crippen LogP contribution in [-0.4, -0.2) is 0 Å². The van der Waals surface area contributed by atoms with Crippen LogP contribution in [0.2, 0.25) is 0 Å². The first-order valence-electron chi connectivity index (χ1n) is 6.93. The molecule has 0 unspecified atom stereocenters. The molecule has 21 heavy (non-hydrogen) atoms. The lowest BCUT2D eigenvalue weighted by atomic mass is 9.82. The first kappa shape index (κ1) is 15.1. The predicted octanol–water partition coefficient (Wildman–Crippen LogP) is 5.18. The maximum Gasteiger partial charge on any atom is 0.131 e. The maximum absolute atomic E-state index is 13.4. The van der Waals surface area contributed by atoms with Gasteiger partial charge in [0, 0.05) is 6.07 Å². The SMILES string of the molecule is CCC(C)(C)c1ccc(Oc2cc(F)cc(C#N)c2)cc1. The van der Waals surface area contributed by atoms with Crippen LogP contribution in [-0.2, 0) is 5.41 Å². The molecule has 0 N–H and O–H groups in total. The highest BCUT2D eigenvalue weighted by Gasteiger charge is 2.17. The molecule has 0 aliphatic carbocycles. The lowest BCUT2D eigenvalue weighted by Gasteiger charge is -2.23. The van der Waals surface area contributed by atoms with Gasteiger partial charge in [-0.25, -0.2) is 4.39 Å². The normalized spacial score (nSPS) is 11.0. The van der Waals surface area contributed by atoms with E-state index in [-0.39, 0.29) is 11.0 Å². The summed E-state index contributed by atoms with van der Waals surface area (Å²) >= 11 is 0. The van der Waals surface area contributed by atoms with Gasteiger partial charge >= 0.3 is 0 Å². The Labute approximate surface area is 124 Å². The van der Waals surface area contributed by atoms with Gasteiger partial charge in [-0.2, -0.15) is 5.26 Å². The minimum atomic E-state index is -0.479. The van der Waals surface area contributed by atoms with E-state index in [9.17, 15) is 4.39 Å². The van der Waals surface area contributed by atoms with Crippen LogP contribution in [0.4, 0.5) is 4.39 Å². The Kier molecular flexibility index (Phi) is 4.28. The number of rotatable bonds is 4. The summed E-state index contributed by atoms with van der Waals surface area (Å²) in [6, 6.07) is 13.6. The van der Waals surface area contributed by atoms with E-state index in [0.29, 0.717) is 11.5 Å². The highest BCUT2D eigenvalue weighted by molar-refractivity contribution is 5.40. The van der Waals surface area contributed by atoms with E-state index in [1.807, 2.05) is 30.3 Å². The summed E-state index contributed by atoms with van der Waals surface area (Å²) in [4.78, 5) is 0. The Balaban J connectivity index is 2.21. The zero-order valence-electron chi connectivity index (χ0n) is 12.5. The summed E-state index contributed by atoms with van der Waals surface area (Å²) in [5.41, 5.74) is 1.59. The minimum Gasteiger partial charge on any atom is -0.457 e. The van der Waals surface area contributed by atoms with Crippen molar-refractivity contribution in [3.63, 3.8) is 0 Å². The summed E-state index contributed by atoms with van der Waals surface area (Å²) in [5.74, 6) is 0.474. The van der Waals surface area contributed by atoms with Gasteiger partial charge in [-0.1, -0.05) is 32.9 Å². The van der Waals surface area contributed by atoms with Crippen LogP contribution in [0.3, 0.4) is 0 Å². The number of nitrogens with zero attached hydrogens (tertiary/aromatic N) is 1. The van der Waals surface area contributed by atoms with E-state index in [1.54, 1.807) is 0 Å². The van der Waals surface area contributed by atoms with E-state index in [2.05, 4.69) is 20.8 Å². The number of nitriles is 1. The zero-order chi connectivity index (χ0) is 15.5. The number of hydrogen-bond donors (Lipinski definition) is 0. The lowest BCUT2D eigenvalue weighted by molar-refractivity contribution is 0.473. The Morgan fingerprint density at radius 2 is 1.76 bits per heavy atom. The molecule has 0 aliphatic rings. The van der Waals surface area contributed by atoms with E-state index < -0.39 is 5.82 Å². The monoisotopic (exact) mass is 283 g/mol. The van der Waals surface area contributed by atoms with Gasteiger partial charge in [-0.05, 0) is 41.7 Å². The van der Waals surface area contributed by atoms with Gasteiger partial charge in [0.2, 0.25) is 0 Å². The third-order valence-corrected chi connectivity index (χ3v) is 3.76. The van der Waals surface area contributed by atoms with Gasteiger partial charge in [0.1, 0.15) is 17.3 Å². The molecular formula is C18H18FNO. The molecule has 0 heterocycles. The zero-order valence-corrected chi connectivity index (χ0v) is 12.5. The highest BCUT2D eigenvalue weighted by atomic mass is 19.1. The van der Waals surface area contributed by atoms with Crippen LogP contribution in [0.25, 0.3) is 0 Å². The fourth-order valence-corrected chi connectivity index (χ4v) is 2.00. The summed E-state index contributed by atoms with van der Waals surface area (Å²) in [6.45, 7) is 6.53. The van der Waals surface area contributed by atoms with Crippen molar-refractivity contribution in [3.05, 3.63) is 59.4 Å². The van der Waals surface area contributed by atoms with Crippen LogP contribution in [0.1, 0.15) is 38.3 Å². The van der Waals surface area contributed by atoms with Crippen molar-refractivity contribution in [3.8, 4) is 17.6 Å². The molecule has 2 nitrogen and oxygen atoms in total. The standard InChI is InChI=1S/C18H18FNO/c1-4-18(2,3)14-5-7-16(8-6-14)21-17-10-13(12-20)9-15(19)11-17/h5-11H,4H2,1-3H3. The molecule has 0 atom stereocenters. The van der Waals surface area contributed by atoms with Crippen molar-refractivity contribution in [2.45, 2.75) is 32.6 Å². The van der Waals surface area contributed by atoms with Gasteiger partial charge in [-0.15, -0.1) is 0 Å². The van der Waals surface area contributed by atoms with Crippen molar-refractivity contribution >= 4 is 0 Å². The largest absolute Gasteiger partial charge is 0.457 e. The van der Waals surface area contributed by atoms with Gasteiger partial charge in [0.05, 0.1) is 11.6 Å². The third kappa shape index (κ3) is 3.61. The molecule has 0 saturated carbocycles. The fourth-order valence-electron chi connectivity index (χ4n) is 2.00. The number of benzene rings is 2. The summed E-state index contributed by atoms with van der Waals surface area (Å²) < 4.78 is 19.0. The van der Waals surface area contributed by atoms with E-state index in [0.717, 1.165) is 6.42 Å². The number of halogens is 1. The molecular weight excluding hydrogens is 265 g/mol. The minimum absolute atomic E-state index is 0.116. The molecule has 2 aromatic carbocycles. The second-order valence-electron chi connectivity index (χ2n) is 5.65. The first-order chi connectivity index (χ1) is 9.94. The number of ether oxygens (including phenoxy) is 1. The van der Waals surface area contributed by atoms with E-state index in [4.69, 9.17) is 10.00 Å². The van der Waals surface area contributed by atoms with E-state index >= 15 is 0 Å². The molecule has 0 saturated heterocycles. The lowest BCUT2D eigenvalue weighted by Crippen LogP contribution is -2.14. The molecule has 0 radical (unpaired) electrons. The predicted molar refractivity (Wildman–Crippen MR) is 80.9 cm³/mol. The Morgan fingerprint density at radius 3 is 2.33 bits per heavy atom. The summed E-state index contributed by atoms with van der Waals surface area (Å²) in [7, 11) is 0. The quantitative estimate of drug-likeness (QED) is 0.774. The molecule has 0 amide bonds. The molecule has 108 valence electrons. The van der Waals surface area contributed by atoms with Crippen molar-refractivity contribution in [2.24, 2.45) is 0 Å². The van der Waals surface area contributed by atoms with Crippen molar-refractivity contribution in [1.29, 1.82) is 5.26 Å². The second kappa shape index (κ2) is 5.97. The second-order valence-corrected chi connectivity index (χ2v) is 5.65. The Hall–Kier alpha value is -2.34. The molecule has 0 aliphatic heterocycles. The van der Waals surface area contributed by atoms with Gasteiger partial charge in [0.25, 0.3) is 0 Å². The van der Waals surface area contributed by atoms with Crippen molar-refractivity contribution in [1.82, 2.24) is 0 Å². The van der Waals surface area contributed by atoms with Crippen LogP contribution in [0.5, 0.6) is 11.5 Å². The smallest absolute Gasteiger partial charge is 0.131 e. The molecule has 0 aromatic heterocycles. The van der Waals surface area contributed by atoms with E-state index in [1.165, 1.54) is 23.8 Å². The maximum atomic E-state index is 13.4. The Morgan fingerprint density at radius 1 is 1.10 bits per heavy atom. The van der Waals surface area contributed by atoms with Crippen molar-refractivity contribution in [2.75, 3.05) is 0 Å². The van der Waals surface area contributed by atoms with Crippen LogP contribution >= 0.6 is 0 Å². The molecule has 0 fully saturated rings. The first-order valence-corrected chi connectivity index (χ1v) is 6.93. The average molecular weight is 283 g/mol. The third-order valence-electron chi connectivity index (χ3n) is 3.76. The summed E-state index contributed by atoms with van der Waals surface area (Å²) in [5, 5.41) is 8.83. The topological polar surface area (TPSA) is 33.0 Å². The van der Waals surface area contributed by atoms with Crippen molar-refractivity contribution < 1.29 is 9.13 Å². The van der Waals surface area contributed by atoms with Gasteiger partial charge < -0.3 is 4.74 Å². The molecule has 0 spiro atoms. The summed E-state index contributed by atoms with van der Waals surface area (Å²) in [6.07, 6.45) is 1.04. The van der Waals surface area contributed by atoms with Gasteiger partial charge in [-0.3, -0.25) is 0 Å². The molecule has 0 bridgehead atoms. The average Bonchev–Trinajstić information content (AvgIpc) is 2.47. The molecule has 2 aromatic rings. The molecule has 2 rings (SSSR count). The number of hydrogen-bond acceptors (Lipinski definition) is 2. The van der Waals surface area contributed by atoms with Gasteiger partial charge in [0.15, 0.2) is 0 Å².